The van der Waals surface area contributed by atoms with Crippen molar-refractivity contribution in [2.24, 2.45) is 0 Å². The quantitative estimate of drug-likeness (QED) is 0.0392. The van der Waals surface area contributed by atoms with Crippen molar-refractivity contribution < 1.29 is 43.0 Å². The van der Waals surface area contributed by atoms with Crippen LogP contribution in [0.4, 0.5) is 0 Å². The molecule has 0 spiro atoms. The Morgan fingerprint density at radius 2 is 1.25 bits per heavy atom. The number of esters is 3. The molecule has 0 aromatic heterocycles. The number of carbonyl (C=O) groups excluding carboxylic acids is 6. The second-order valence-electron chi connectivity index (χ2n) is 12.1. The van der Waals surface area contributed by atoms with E-state index < -0.39 is 30.1 Å². The van der Waals surface area contributed by atoms with E-state index in [0.717, 1.165) is 32.1 Å². The van der Waals surface area contributed by atoms with Crippen molar-refractivity contribution >= 4 is 35.6 Å². The number of ether oxygens (including phenoxy) is 3. The first-order valence-electron chi connectivity index (χ1n) is 18.0. The second kappa shape index (κ2) is 30.9. The lowest BCUT2D eigenvalue weighted by Gasteiger charge is -2.17. The number of allylic oxidation sites excluding steroid dienone is 2. The van der Waals surface area contributed by atoms with Crippen molar-refractivity contribution in [2.75, 3.05) is 26.8 Å². The zero-order valence-corrected chi connectivity index (χ0v) is 30.0. The standard InChI is InChI=1S/C36H63N3O9/c1-5-6-7-8-9-10-11-12-13-14-15-16-17-18-19-23-34(43)39-32(36(45)37-4)22-20-21-26-38-33(42)24-25-35(44)47-28-31(48-30(3)41)27-46-29(2)40/h12-13,31-32H,5-11,14-28H2,1-4H3,(H,37,45)(H,38,42)(H,39,43). The van der Waals surface area contributed by atoms with Gasteiger partial charge in [-0.05, 0) is 51.4 Å². The third kappa shape index (κ3) is 28.8. The summed E-state index contributed by atoms with van der Waals surface area (Å²) >= 11 is 0. The molecule has 48 heavy (non-hydrogen) atoms. The topological polar surface area (TPSA) is 166 Å². The summed E-state index contributed by atoms with van der Waals surface area (Å²) < 4.78 is 14.8. The minimum Gasteiger partial charge on any atom is -0.462 e. The van der Waals surface area contributed by atoms with E-state index in [9.17, 15) is 28.8 Å². The van der Waals surface area contributed by atoms with Gasteiger partial charge in [0.05, 0.1) is 6.42 Å². The highest BCUT2D eigenvalue weighted by Crippen LogP contribution is 2.11. The maximum atomic E-state index is 12.5. The molecule has 0 heterocycles. The highest BCUT2D eigenvalue weighted by molar-refractivity contribution is 5.87. The summed E-state index contributed by atoms with van der Waals surface area (Å²) in [6.45, 7) is 4.44. The number of likely N-dealkylation sites (N-methyl/N-ethyl adjacent to an activating group) is 1. The van der Waals surface area contributed by atoms with Gasteiger partial charge in [0, 0.05) is 40.3 Å². The van der Waals surface area contributed by atoms with Crippen LogP contribution in [0.3, 0.4) is 0 Å². The lowest BCUT2D eigenvalue weighted by atomic mass is 10.1. The molecule has 0 saturated carbocycles. The van der Waals surface area contributed by atoms with Gasteiger partial charge in [-0.25, -0.2) is 0 Å². The van der Waals surface area contributed by atoms with E-state index in [-0.39, 0.29) is 43.8 Å². The van der Waals surface area contributed by atoms with Crippen LogP contribution < -0.4 is 16.0 Å². The van der Waals surface area contributed by atoms with Crippen LogP contribution in [0.5, 0.6) is 0 Å². The van der Waals surface area contributed by atoms with Crippen LogP contribution in [0.2, 0.25) is 0 Å². The van der Waals surface area contributed by atoms with Crippen molar-refractivity contribution in [3.05, 3.63) is 12.2 Å². The number of hydrogen-bond acceptors (Lipinski definition) is 9. The molecule has 0 fully saturated rings. The van der Waals surface area contributed by atoms with E-state index in [4.69, 9.17) is 14.2 Å². The molecular weight excluding hydrogens is 618 g/mol. The lowest BCUT2D eigenvalue weighted by molar-refractivity contribution is -0.164. The maximum Gasteiger partial charge on any atom is 0.306 e. The first-order valence-corrected chi connectivity index (χ1v) is 18.0. The maximum absolute atomic E-state index is 12.5. The normalized spacial score (nSPS) is 12.2. The van der Waals surface area contributed by atoms with Gasteiger partial charge in [-0.3, -0.25) is 28.8 Å². The molecule has 0 aromatic carbocycles. The van der Waals surface area contributed by atoms with Gasteiger partial charge in [0.25, 0.3) is 0 Å². The van der Waals surface area contributed by atoms with Crippen molar-refractivity contribution in [1.82, 2.24) is 16.0 Å². The Morgan fingerprint density at radius 1 is 0.646 bits per heavy atom. The van der Waals surface area contributed by atoms with Crippen LogP contribution in [0, 0.1) is 0 Å². The molecule has 0 radical (unpaired) electrons. The molecule has 3 N–H and O–H groups in total. The molecule has 2 atom stereocenters. The van der Waals surface area contributed by atoms with E-state index >= 15 is 0 Å². The van der Waals surface area contributed by atoms with Crippen LogP contribution >= 0.6 is 0 Å². The highest BCUT2D eigenvalue weighted by Gasteiger charge is 2.20. The fourth-order valence-electron chi connectivity index (χ4n) is 4.89. The molecule has 12 heteroatoms. The molecule has 0 bridgehead atoms. The first-order chi connectivity index (χ1) is 23.1. The fourth-order valence-corrected chi connectivity index (χ4v) is 4.89. The van der Waals surface area contributed by atoms with Gasteiger partial charge in [0.1, 0.15) is 19.3 Å². The summed E-state index contributed by atoms with van der Waals surface area (Å²) in [5, 5.41) is 8.17. The third-order valence-electron chi connectivity index (χ3n) is 7.60. The molecular formula is C36H63N3O9. The Bertz CT molecular complexity index is 955. The molecule has 0 aromatic rings. The predicted molar refractivity (Wildman–Crippen MR) is 185 cm³/mol. The van der Waals surface area contributed by atoms with Gasteiger partial charge in [-0.2, -0.15) is 0 Å². The van der Waals surface area contributed by atoms with E-state index in [1.54, 1.807) is 0 Å². The van der Waals surface area contributed by atoms with Crippen LogP contribution in [0.25, 0.3) is 0 Å². The number of rotatable bonds is 30. The Kier molecular flexibility index (Phi) is 28.7. The number of carbonyl (C=O) groups is 6. The Labute approximate surface area is 288 Å². The van der Waals surface area contributed by atoms with Crippen molar-refractivity contribution in [3.8, 4) is 0 Å². The Hall–Kier alpha value is -3.44. The monoisotopic (exact) mass is 681 g/mol. The number of hydrogen-bond donors (Lipinski definition) is 3. The number of nitrogens with one attached hydrogen (secondary N) is 3. The van der Waals surface area contributed by atoms with Crippen molar-refractivity contribution in [2.45, 2.75) is 155 Å². The van der Waals surface area contributed by atoms with E-state index in [1.165, 1.54) is 72.3 Å². The molecule has 12 nitrogen and oxygen atoms in total. The average molecular weight is 682 g/mol. The average Bonchev–Trinajstić information content (AvgIpc) is 3.05. The van der Waals surface area contributed by atoms with E-state index in [1.807, 2.05) is 0 Å². The van der Waals surface area contributed by atoms with Crippen LogP contribution in [-0.4, -0.2) is 74.6 Å². The Morgan fingerprint density at radius 3 is 1.85 bits per heavy atom. The largest absolute Gasteiger partial charge is 0.462 e. The van der Waals surface area contributed by atoms with Crippen molar-refractivity contribution in [1.29, 1.82) is 0 Å². The predicted octanol–water partition coefficient (Wildman–Crippen LogP) is 5.36. The van der Waals surface area contributed by atoms with Gasteiger partial charge in [0.15, 0.2) is 6.10 Å². The summed E-state index contributed by atoms with van der Waals surface area (Å²) in [6, 6.07) is -0.632. The molecule has 0 aliphatic heterocycles. The minimum atomic E-state index is -0.931. The van der Waals surface area contributed by atoms with Crippen LogP contribution in [0.15, 0.2) is 12.2 Å². The highest BCUT2D eigenvalue weighted by atomic mass is 16.6. The molecule has 3 amide bonds. The molecule has 0 rings (SSSR count). The summed E-state index contributed by atoms with van der Waals surface area (Å²) in [4.78, 5) is 71.0. The smallest absolute Gasteiger partial charge is 0.306 e. The van der Waals surface area contributed by atoms with Crippen LogP contribution in [0.1, 0.15) is 143 Å². The molecule has 2 unspecified atom stereocenters. The summed E-state index contributed by atoms with van der Waals surface area (Å²) in [5.41, 5.74) is 0. The summed E-state index contributed by atoms with van der Waals surface area (Å²) in [6.07, 6.45) is 20.9. The van der Waals surface area contributed by atoms with Gasteiger partial charge in [-0.15, -0.1) is 0 Å². The molecule has 276 valence electrons. The number of unbranched alkanes of at least 4 members (excludes halogenated alkanes) is 12. The second-order valence-corrected chi connectivity index (χ2v) is 12.1. The molecule has 0 saturated heterocycles. The zero-order chi connectivity index (χ0) is 35.8. The summed E-state index contributed by atoms with van der Waals surface area (Å²) in [7, 11) is 1.53. The summed E-state index contributed by atoms with van der Waals surface area (Å²) in [5.74, 6) is -2.55. The lowest BCUT2D eigenvalue weighted by Crippen LogP contribution is -2.45. The van der Waals surface area contributed by atoms with Crippen LogP contribution in [-0.2, 0) is 43.0 Å². The van der Waals surface area contributed by atoms with Crippen molar-refractivity contribution in [3.63, 3.8) is 0 Å². The SMILES string of the molecule is CCCCCCCCC=CCCCCCCCC(=O)NC(CCCCNC(=O)CCC(=O)OCC(COC(C)=O)OC(C)=O)C(=O)NC. The van der Waals surface area contributed by atoms with E-state index in [2.05, 4.69) is 35.0 Å². The van der Waals surface area contributed by atoms with E-state index in [0.29, 0.717) is 32.2 Å². The number of amides is 3. The molecule has 0 aliphatic carbocycles. The Balaban J connectivity index is 4.05. The first kappa shape index (κ1) is 44.6. The third-order valence-corrected chi connectivity index (χ3v) is 7.60. The van der Waals surface area contributed by atoms with Gasteiger partial charge < -0.3 is 30.2 Å². The van der Waals surface area contributed by atoms with Gasteiger partial charge >= 0.3 is 17.9 Å². The zero-order valence-electron chi connectivity index (χ0n) is 30.0. The minimum absolute atomic E-state index is 0.0890. The molecule has 0 aliphatic rings. The van der Waals surface area contributed by atoms with Gasteiger partial charge in [0.2, 0.25) is 17.7 Å². The fraction of sp³-hybridized carbons (Fsp3) is 0.778. The van der Waals surface area contributed by atoms with Gasteiger partial charge in [-0.1, -0.05) is 70.4 Å².